The quantitative estimate of drug-likeness (QED) is 0.847. The number of fused-ring (bicyclic) bond motifs is 1. The Hall–Kier alpha value is -2.34. The molecule has 2 heterocycles. The third kappa shape index (κ3) is 3.69. The van der Waals surface area contributed by atoms with Crippen molar-refractivity contribution < 1.29 is 9.53 Å². The largest absolute Gasteiger partial charge is 0.465 e. The van der Waals surface area contributed by atoms with Crippen molar-refractivity contribution >= 4 is 23.3 Å². The number of aromatic nitrogens is 2. The number of hydrogen-bond donors (Lipinski definition) is 1. The van der Waals surface area contributed by atoms with Gasteiger partial charge in [-0.3, -0.25) is 14.2 Å². The number of esters is 1. The van der Waals surface area contributed by atoms with Gasteiger partial charge in [0, 0.05) is 10.9 Å². The van der Waals surface area contributed by atoms with Gasteiger partial charge in [0.25, 0.3) is 5.56 Å². The maximum Gasteiger partial charge on any atom is 0.326 e. The minimum atomic E-state index is -0.454. The predicted molar refractivity (Wildman–Crippen MR) is 96.0 cm³/mol. The van der Waals surface area contributed by atoms with Crippen molar-refractivity contribution in [2.75, 3.05) is 11.9 Å². The number of nitrogens with zero attached hydrogens (tertiary/aromatic N) is 2. The van der Waals surface area contributed by atoms with E-state index in [2.05, 4.69) is 10.3 Å². The molecular weight excluding hydrogens is 342 g/mol. The minimum Gasteiger partial charge on any atom is -0.465 e. The Balaban J connectivity index is 1.91. The molecule has 1 aliphatic rings. The molecule has 0 saturated carbocycles. The highest BCUT2D eigenvalue weighted by Crippen LogP contribution is 2.37. The van der Waals surface area contributed by atoms with Crippen LogP contribution in [0, 0.1) is 0 Å². The highest BCUT2D eigenvalue weighted by molar-refractivity contribution is 6.30. The molecule has 3 rings (SSSR count). The van der Waals surface area contributed by atoms with Crippen LogP contribution < -0.4 is 10.9 Å². The smallest absolute Gasteiger partial charge is 0.326 e. The normalized spacial score (nSPS) is 19.0. The van der Waals surface area contributed by atoms with Crippen molar-refractivity contribution in [3.05, 3.63) is 57.2 Å². The highest BCUT2D eigenvalue weighted by Gasteiger charge is 2.28. The van der Waals surface area contributed by atoms with Crippen LogP contribution in [-0.2, 0) is 16.1 Å². The zero-order valence-corrected chi connectivity index (χ0v) is 14.9. The Kier molecular flexibility index (Phi) is 5.08. The van der Waals surface area contributed by atoms with Crippen LogP contribution in [-0.4, -0.2) is 22.1 Å². The summed E-state index contributed by atoms with van der Waals surface area (Å²) in [6.45, 7) is 3.91. The van der Waals surface area contributed by atoms with Crippen LogP contribution in [0.5, 0.6) is 0 Å². The summed E-state index contributed by atoms with van der Waals surface area (Å²) >= 11 is 5.95. The van der Waals surface area contributed by atoms with Gasteiger partial charge in [0.15, 0.2) is 0 Å². The predicted octanol–water partition coefficient (Wildman–Crippen LogP) is 3.12. The molecule has 0 bridgehead atoms. The van der Waals surface area contributed by atoms with Gasteiger partial charge in [-0.15, -0.1) is 0 Å². The molecule has 25 heavy (non-hydrogen) atoms. The SMILES string of the molecule is CCOC(=O)Cn1cnc2c(c1=O)N[C@H](c1ccc(Cl)cc1)C[C@H]2C. The Morgan fingerprint density at radius 3 is 2.80 bits per heavy atom. The average molecular weight is 362 g/mol. The second-order valence-electron chi connectivity index (χ2n) is 6.13. The number of anilines is 1. The fraction of sp³-hybridized carbons (Fsp3) is 0.389. The summed E-state index contributed by atoms with van der Waals surface area (Å²) in [6.07, 6.45) is 2.24. The molecule has 0 amide bonds. The third-order valence-electron chi connectivity index (χ3n) is 4.32. The van der Waals surface area contributed by atoms with E-state index in [0.717, 1.165) is 17.7 Å². The van der Waals surface area contributed by atoms with Gasteiger partial charge >= 0.3 is 5.97 Å². The fourth-order valence-corrected chi connectivity index (χ4v) is 3.21. The molecule has 1 aliphatic heterocycles. The van der Waals surface area contributed by atoms with E-state index in [4.69, 9.17) is 16.3 Å². The Morgan fingerprint density at radius 1 is 1.40 bits per heavy atom. The molecule has 132 valence electrons. The Bertz CT molecular complexity index is 832. The van der Waals surface area contributed by atoms with Crippen LogP contribution >= 0.6 is 11.6 Å². The molecule has 0 radical (unpaired) electrons. The van der Waals surface area contributed by atoms with Crippen LogP contribution in [0.25, 0.3) is 0 Å². The van der Waals surface area contributed by atoms with E-state index in [1.54, 1.807) is 6.92 Å². The lowest BCUT2D eigenvalue weighted by Gasteiger charge is -2.30. The molecule has 2 aromatic rings. The van der Waals surface area contributed by atoms with Crippen molar-refractivity contribution in [2.45, 2.75) is 38.8 Å². The lowest BCUT2D eigenvalue weighted by molar-refractivity contribution is -0.143. The van der Waals surface area contributed by atoms with Crippen LogP contribution in [0.4, 0.5) is 5.69 Å². The maximum absolute atomic E-state index is 12.8. The summed E-state index contributed by atoms with van der Waals surface area (Å²) in [6, 6.07) is 7.56. The van der Waals surface area contributed by atoms with E-state index in [0.29, 0.717) is 10.7 Å². The zero-order valence-electron chi connectivity index (χ0n) is 14.2. The Labute approximate surface area is 150 Å². The van der Waals surface area contributed by atoms with Gasteiger partial charge in [0.2, 0.25) is 0 Å². The molecule has 6 nitrogen and oxygen atoms in total. The minimum absolute atomic E-state index is 0.00675. The van der Waals surface area contributed by atoms with Crippen molar-refractivity contribution in [1.82, 2.24) is 9.55 Å². The second kappa shape index (κ2) is 7.27. The fourth-order valence-electron chi connectivity index (χ4n) is 3.08. The highest BCUT2D eigenvalue weighted by atomic mass is 35.5. The van der Waals surface area contributed by atoms with Gasteiger partial charge in [-0.05, 0) is 31.0 Å². The monoisotopic (exact) mass is 361 g/mol. The van der Waals surface area contributed by atoms with Crippen LogP contribution in [0.3, 0.4) is 0 Å². The van der Waals surface area contributed by atoms with Gasteiger partial charge < -0.3 is 10.1 Å². The van der Waals surface area contributed by atoms with Crippen molar-refractivity contribution in [1.29, 1.82) is 0 Å². The maximum atomic E-state index is 12.8. The summed E-state index contributed by atoms with van der Waals surface area (Å²) in [4.78, 5) is 28.8. The van der Waals surface area contributed by atoms with Crippen LogP contribution in [0.1, 0.15) is 43.5 Å². The first-order valence-corrected chi connectivity index (χ1v) is 8.64. The molecule has 2 atom stereocenters. The third-order valence-corrected chi connectivity index (χ3v) is 4.57. The number of nitrogens with one attached hydrogen (secondary N) is 1. The lowest BCUT2D eigenvalue weighted by Crippen LogP contribution is -2.33. The summed E-state index contributed by atoms with van der Waals surface area (Å²) < 4.78 is 6.19. The van der Waals surface area contributed by atoms with Crippen molar-refractivity contribution in [2.24, 2.45) is 0 Å². The first kappa shape index (κ1) is 17.5. The van der Waals surface area contributed by atoms with E-state index < -0.39 is 5.97 Å². The molecule has 0 aliphatic carbocycles. The first-order valence-electron chi connectivity index (χ1n) is 8.26. The molecule has 0 spiro atoms. The van der Waals surface area contributed by atoms with Gasteiger partial charge in [0.1, 0.15) is 12.2 Å². The molecule has 1 aromatic carbocycles. The van der Waals surface area contributed by atoms with Crippen LogP contribution in [0.2, 0.25) is 5.02 Å². The molecular formula is C18H20ClN3O3. The molecule has 0 saturated heterocycles. The van der Waals surface area contributed by atoms with E-state index in [9.17, 15) is 9.59 Å². The summed E-state index contributed by atoms with van der Waals surface area (Å²) in [5.41, 5.74) is 1.98. The van der Waals surface area contributed by atoms with Gasteiger partial charge in [0.05, 0.1) is 24.7 Å². The molecule has 1 aromatic heterocycles. The van der Waals surface area contributed by atoms with Crippen LogP contribution in [0.15, 0.2) is 35.4 Å². The van der Waals surface area contributed by atoms with Gasteiger partial charge in [-0.2, -0.15) is 0 Å². The first-order chi connectivity index (χ1) is 12.0. The topological polar surface area (TPSA) is 73.2 Å². The number of benzene rings is 1. The van der Waals surface area contributed by atoms with E-state index >= 15 is 0 Å². The summed E-state index contributed by atoms with van der Waals surface area (Å²) in [5, 5.41) is 3.96. The van der Waals surface area contributed by atoms with E-state index in [-0.39, 0.29) is 30.7 Å². The van der Waals surface area contributed by atoms with E-state index in [1.165, 1.54) is 10.9 Å². The second-order valence-corrected chi connectivity index (χ2v) is 6.56. The molecule has 0 unspecified atom stereocenters. The number of carbonyl (C=O) groups excluding carboxylic acids is 1. The average Bonchev–Trinajstić information content (AvgIpc) is 2.58. The van der Waals surface area contributed by atoms with Crippen molar-refractivity contribution in [3.63, 3.8) is 0 Å². The summed E-state index contributed by atoms with van der Waals surface area (Å²) in [7, 11) is 0. The number of halogens is 1. The van der Waals surface area contributed by atoms with Gasteiger partial charge in [-0.25, -0.2) is 4.98 Å². The molecule has 0 fully saturated rings. The number of hydrogen-bond acceptors (Lipinski definition) is 5. The molecule has 7 heteroatoms. The Morgan fingerprint density at radius 2 is 2.12 bits per heavy atom. The summed E-state index contributed by atoms with van der Waals surface area (Å²) in [5.74, 6) is -0.327. The number of ether oxygens (including phenoxy) is 1. The van der Waals surface area contributed by atoms with Crippen molar-refractivity contribution in [3.8, 4) is 0 Å². The molecule has 1 N–H and O–H groups in total. The zero-order chi connectivity index (χ0) is 18.0. The lowest BCUT2D eigenvalue weighted by atomic mass is 9.89. The van der Waals surface area contributed by atoms with E-state index in [1.807, 2.05) is 31.2 Å². The van der Waals surface area contributed by atoms with Gasteiger partial charge in [-0.1, -0.05) is 30.7 Å². The number of carbonyl (C=O) groups is 1. The number of rotatable bonds is 4. The standard InChI is InChI=1S/C18H20ClN3O3/c1-3-25-15(23)9-22-10-20-16-11(2)8-14(21-17(16)18(22)24)12-4-6-13(19)7-5-12/h4-7,10-11,14,21H,3,8-9H2,1-2H3/t11-,14+/m1/s1.